The van der Waals surface area contributed by atoms with E-state index in [2.05, 4.69) is 22.2 Å². The summed E-state index contributed by atoms with van der Waals surface area (Å²) in [6.07, 6.45) is 2.20. The molecule has 2 aromatic rings. The largest absolute Gasteiger partial charge is 0.399 e. The lowest BCUT2D eigenvalue weighted by Crippen LogP contribution is -2.37. The molecule has 0 radical (unpaired) electrons. The van der Waals surface area contributed by atoms with Gasteiger partial charge in [-0.3, -0.25) is 13.7 Å². The highest BCUT2D eigenvalue weighted by Crippen LogP contribution is 2.35. The van der Waals surface area contributed by atoms with Crippen molar-refractivity contribution in [2.45, 2.75) is 57.3 Å². The number of halogens is 3. The number of pyridine rings is 1. The van der Waals surface area contributed by atoms with E-state index >= 15 is 0 Å². The Morgan fingerprint density at radius 1 is 1.20 bits per heavy atom. The minimum Gasteiger partial charge on any atom is -0.351 e. The molecular formula is C20H26F3N5OS. The number of piperidine rings is 1. The molecule has 164 valence electrons. The standard InChI is InChI=1S/C20H26F3N5OS/c1-13-3-2-4-16(13)28-17(29)6-5-14-11-24-19(26-18(14)28)25-15-7-9-27(10-8-15)30-12-20(21,22)23/h5-6,11,13,15-16H,2-4,7-10,12H2,1H3,(H,24,25,26). The third kappa shape index (κ3) is 4.91. The molecule has 1 saturated heterocycles. The Kier molecular flexibility index (Phi) is 6.24. The summed E-state index contributed by atoms with van der Waals surface area (Å²) in [5, 5.41) is 4.15. The van der Waals surface area contributed by atoms with Crippen LogP contribution in [0.25, 0.3) is 11.0 Å². The number of hydrogen-bond donors (Lipinski definition) is 1. The number of hydrogen-bond acceptors (Lipinski definition) is 6. The van der Waals surface area contributed by atoms with Gasteiger partial charge in [-0.2, -0.15) is 18.2 Å². The Labute approximate surface area is 177 Å². The fraction of sp³-hybridized carbons (Fsp3) is 0.650. The van der Waals surface area contributed by atoms with E-state index < -0.39 is 11.9 Å². The molecular weight excluding hydrogens is 415 g/mol. The highest BCUT2D eigenvalue weighted by Gasteiger charge is 2.30. The number of rotatable bonds is 5. The molecule has 2 atom stereocenters. The first-order chi connectivity index (χ1) is 14.3. The van der Waals surface area contributed by atoms with Crippen molar-refractivity contribution in [3.63, 3.8) is 0 Å². The number of aromatic nitrogens is 3. The second-order valence-corrected chi connectivity index (χ2v) is 9.29. The molecule has 2 aliphatic rings. The van der Waals surface area contributed by atoms with E-state index in [1.54, 1.807) is 22.6 Å². The van der Waals surface area contributed by atoms with Gasteiger partial charge in [-0.25, -0.2) is 4.98 Å². The molecule has 4 rings (SSSR count). The number of nitrogens with one attached hydrogen (secondary N) is 1. The van der Waals surface area contributed by atoms with E-state index in [9.17, 15) is 18.0 Å². The molecule has 0 spiro atoms. The van der Waals surface area contributed by atoms with Gasteiger partial charge in [0.1, 0.15) is 11.4 Å². The summed E-state index contributed by atoms with van der Waals surface area (Å²) in [7, 11) is 0. The molecule has 2 unspecified atom stereocenters. The van der Waals surface area contributed by atoms with Crippen molar-refractivity contribution in [1.29, 1.82) is 0 Å². The molecule has 6 nitrogen and oxygen atoms in total. The summed E-state index contributed by atoms with van der Waals surface area (Å²) < 4.78 is 40.8. The summed E-state index contributed by atoms with van der Waals surface area (Å²) in [4.78, 5) is 21.7. The van der Waals surface area contributed by atoms with Crippen LogP contribution < -0.4 is 10.9 Å². The Hall–Kier alpha value is -1.81. The van der Waals surface area contributed by atoms with E-state index in [1.165, 1.54) is 0 Å². The summed E-state index contributed by atoms with van der Waals surface area (Å²) >= 11 is 0.844. The summed E-state index contributed by atoms with van der Waals surface area (Å²) in [5.41, 5.74) is 0.609. The van der Waals surface area contributed by atoms with Crippen LogP contribution in [0.1, 0.15) is 45.1 Å². The van der Waals surface area contributed by atoms with Gasteiger partial charge in [-0.1, -0.05) is 25.3 Å². The van der Waals surface area contributed by atoms with E-state index in [1.807, 2.05) is 4.57 Å². The molecule has 1 aliphatic carbocycles. The lowest BCUT2D eigenvalue weighted by Gasteiger charge is -2.31. The minimum absolute atomic E-state index is 0.0408. The monoisotopic (exact) mass is 441 g/mol. The summed E-state index contributed by atoms with van der Waals surface area (Å²) in [5.74, 6) is 0.0443. The first-order valence-corrected chi connectivity index (χ1v) is 11.3. The molecule has 0 amide bonds. The Bertz CT molecular complexity index is 942. The van der Waals surface area contributed by atoms with Crippen LogP contribution in [0.15, 0.2) is 23.1 Å². The first-order valence-electron chi connectivity index (χ1n) is 10.4. The van der Waals surface area contributed by atoms with Gasteiger partial charge >= 0.3 is 6.18 Å². The zero-order valence-corrected chi connectivity index (χ0v) is 17.7. The van der Waals surface area contributed by atoms with Crippen molar-refractivity contribution in [3.8, 4) is 0 Å². The average molecular weight is 442 g/mol. The third-order valence-corrected chi connectivity index (χ3v) is 7.20. The zero-order chi connectivity index (χ0) is 21.3. The number of fused-ring (bicyclic) bond motifs is 1. The first kappa shape index (κ1) is 21.4. The highest BCUT2D eigenvalue weighted by molar-refractivity contribution is 7.97. The fourth-order valence-electron chi connectivity index (χ4n) is 4.41. The quantitative estimate of drug-likeness (QED) is 0.701. The number of nitrogens with zero attached hydrogens (tertiary/aromatic N) is 4. The molecule has 0 aromatic carbocycles. The van der Waals surface area contributed by atoms with Crippen LogP contribution in [0.3, 0.4) is 0 Å². The van der Waals surface area contributed by atoms with Crippen LogP contribution in [0, 0.1) is 5.92 Å². The summed E-state index contributed by atoms with van der Waals surface area (Å²) in [6, 6.07) is 3.59. The maximum atomic E-state index is 12.6. The predicted molar refractivity (Wildman–Crippen MR) is 113 cm³/mol. The van der Waals surface area contributed by atoms with Crippen LogP contribution >= 0.6 is 11.9 Å². The molecule has 3 heterocycles. The van der Waals surface area contributed by atoms with Crippen molar-refractivity contribution in [2.24, 2.45) is 5.92 Å². The Morgan fingerprint density at radius 2 is 1.97 bits per heavy atom. The average Bonchev–Trinajstić information content (AvgIpc) is 3.12. The molecule has 1 saturated carbocycles. The van der Waals surface area contributed by atoms with Crippen molar-refractivity contribution >= 4 is 28.9 Å². The van der Waals surface area contributed by atoms with E-state index in [4.69, 9.17) is 0 Å². The van der Waals surface area contributed by atoms with Crippen molar-refractivity contribution in [1.82, 2.24) is 18.8 Å². The van der Waals surface area contributed by atoms with Crippen molar-refractivity contribution < 1.29 is 13.2 Å². The topological polar surface area (TPSA) is 63.1 Å². The SMILES string of the molecule is CC1CCCC1n1c(=O)ccc2cnc(NC3CCN(SCC(F)(F)F)CC3)nc21. The van der Waals surface area contributed by atoms with Gasteiger partial charge in [-0.15, -0.1) is 0 Å². The zero-order valence-electron chi connectivity index (χ0n) is 16.9. The molecule has 2 fully saturated rings. The van der Waals surface area contributed by atoms with Gasteiger partial charge < -0.3 is 5.32 Å². The number of anilines is 1. The van der Waals surface area contributed by atoms with Gasteiger partial charge in [0.15, 0.2) is 0 Å². The molecule has 0 bridgehead atoms. The maximum absolute atomic E-state index is 12.6. The van der Waals surface area contributed by atoms with Gasteiger partial charge in [-0.05, 0) is 37.7 Å². The number of alkyl halides is 3. The molecule has 30 heavy (non-hydrogen) atoms. The normalized spacial score (nSPS) is 23.9. The third-order valence-electron chi connectivity index (χ3n) is 6.01. The minimum atomic E-state index is -4.15. The van der Waals surface area contributed by atoms with Gasteiger partial charge in [0, 0.05) is 42.8 Å². The second kappa shape index (κ2) is 8.74. The van der Waals surface area contributed by atoms with Gasteiger partial charge in [0.2, 0.25) is 5.95 Å². The lowest BCUT2D eigenvalue weighted by atomic mass is 10.1. The highest BCUT2D eigenvalue weighted by atomic mass is 32.2. The van der Waals surface area contributed by atoms with Gasteiger partial charge in [0.25, 0.3) is 5.56 Å². The Morgan fingerprint density at radius 3 is 2.63 bits per heavy atom. The van der Waals surface area contributed by atoms with Crippen LogP contribution in [0.5, 0.6) is 0 Å². The molecule has 10 heteroatoms. The summed E-state index contributed by atoms with van der Waals surface area (Å²) in [6.45, 7) is 3.33. The predicted octanol–water partition coefficient (Wildman–Crippen LogP) is 4.24. The van der Waals surface area contributed by atoms with Crippen LogP contribution in [-0.4, -0.2) is 49.9 Å². The van der Waals surface area contributed by atoms with Crippen molar-refractivity contribution in [2.75, 3.05) is 24.2 Å². The van der Waals surface area contributed by atoms with Crippen LogP contribution in [-0.2, 0) is 0 Å². The van der Waals surface area contributed by atoms with Gasteiger partial charge in [0.05, 0.1) is 0 Å². The molecule has 1 aliphatic heterocycles. The van der Waals surface area contributed by atoms with E-state index in [-0.39, 0.29) is 17.6 Å². The lowest BCUT2D eigenvalue weighted by molar-refractivity contribution is -0.105. The van der Waals surface area contributed by atoms with Crippen LogP contribution in [0.2, 0.25) is 0 Å². The molecule has 2 aromatic heterocycles. The van der Waals surface area contributed by atoms with Crippen molar-refractivity contribution in [3.05, 3.63) is 28.7 Å². The van der Waals surface area contributed by atoms with E-state index in [0.29, 0.717) is 43.4 Å². The fourth-order valence-corrected chi connectivity index (χ4v) is 5.21. The second-order valence-electron chi connectivity index (χ2n) is 8.23. The van der Waals surface area contributed by atoms with E-state index in [0.717, 1.165) is 36.6 Å². The smallest absolute Gasteiger partial charge is 0.351 e. The molecule has 1 N–H and O–H groups in total. The maximum Gasteiger partial charge on any atom is 0.399 e. The Balaban J connectivity index is 1.46. The van der Waals surface area contributed by atoms with Crippen LogP contribution in [0.4, 0.5) is 19.1 Å².